The van der Waals surface area contributed by atoms with Gasteiger partial charge in [0.25, 0.3) is 0 Å². The van der Waals surface area contributed by atoms with Gasteiger partial charge in [-0.25, -0.2) is 0 Å². The molecule has 0 saturated heterocycles. The molecule has 0 amide bonds. The Morgan fingerprint density at radius 1 is 1.20 bits per heavy atom. The van der Waals surface area contributed by atoms with E-state index in [1.165, 1.54) is 6.07 Å². The van der Waals surface area contributed by atoms with Gasteiger partial charge in [0.15, 0.2) is 0 Å². The quantitative estimate of drug-likeness (QED) is 0.875. The van der Waals surface area contributed by atoms with Gasteiger partial charge in [0.05, 0.1) is 20.8 Å². The SMILES string of the molecule is COc1ccc(CCOc2c[c]cc(O)c2)c(OC)n1. The molecule has 0 atom stereocenters. The first kappa shape index (κ1) is 14.0. The van der Waals surface area contributed by atoms with Crippen LogP contribution in [0.2, 0.25) is 0 Å². The lowest BCUT2D eigenvalue weighted by Gasteiger charge is -2.10. The van der Waals surface area contributed by atoms with Crippen LogP contribution in [0, 0.1) is 6.07 Å². The number of phenolic OH excluding ortho intramolecular Hbond substituents is 1. The molecular formula is C15H16NO4. The molecule has 105 valence electrons. The van der Waals surface area contributed by atoms with Crippen LogP contribution in [0.1, 0.15) is 5.56 Å². The highest BCUT2D eigenvalue weighted by Crippen LogP contribution is 2.21. The molecule has 20 heavy (non-hydrogen) atoms. The van der Waals surface area contributed by atoms with E-state index in [9.17, 15) is 5.11 Å². The first-order valence-electron chi connectivity index (χ1n) is 6.13. The zero-order valence-corrected chi connectivity index (χ0v) is 11.4. The third kappa shape index (κ3) is 3.54. The van der Waals surface area contributed by atoms with Crippen molar-refractivity contribution in [2.45, 2.75) is 6.42 Å². The summed E-state index contributed by atoms with van der Waals surface area (Å²) in [6.07, 6.45) is 0.635. The van der Waals surface area contributed by atoms with Crippen molar-refractivity contribution in [3.63, 3.8) is 0 Å². The highest BCUT2D eigenvalue weighted by molar-refractivity contribution is 5.32. The summed E-state index contributed by atoms with van der Waals surface area (Å²) in [5.41, 5.74) is 0.928. The van der Waals surface area contributed by atoms with Crippen LogP contribution in [0.25, 0.3) is 0 Å². The third-order valence-corrected chi connectivity index (χ3v) is 2.70. The fourth-order valence-corrected chi connectivity index (χ4v) is 1.73. The van der Waals surface area contributed by atoms with E-state index in [-0.39, 0.29) is 5.75 Å². The number of ether oxygens (including phenoxy) is 3. The van der Waals surface area contributed by atoms with E-state index in [4.69, 9.17) is 14.2 Å². The monoisotopic (exact) mass is 274 g/mol. The molecule has 1 aromatic heterocycles. The van der Waals surface area contributed by atoms with Gasteiger partial charge in [-0.3, -0.25) is 0 Å². The molecule has 1 heterocycles. The average molecular weight is 274 g/mol. The maximum atomic E-state index is 9.31. The predicted molar refractivity (Wildman–Crippen MR) is 73.5 cm³/mol. The molecule has 5 nitrogen and oxygen atoms in total. The highest BCUT2D eigenvalue weighted by atomic mass is 16.5. The summed E-state index contributed by atoms with van der Waals surface area (Å²) in [6, 6.07) is 11.1. The summed E-state index contributed by atoms with van der Waals surface area (Å²) in [6.45, 7) is 0.446. The first-order valence-corrected chi connectivity index (χ1v) is 6.13. The smallest absolute Gasteiger partial charge is 0.219 e. The Balaban J connectivity index is 1.97. The van der Waals surface area contributed by atoms with Gasteiger partial charge in [0.2, 0.25) is 11.8 Å². The molecule has 1 N–H and O–H groups in total. The number of hydrogen-bond donors (Lipinski definition) is 1. The summed E-state index contributed by atoms with van der Waals surface area (Å²) in [5.74, 6) is 1.74. The number of pyridine rings is 1. The fourth-order valence-electron chi connectivity index (χ4n) is 1.73. The van der Waals surface area contributed by atoms with Gasteiger partial charge in [-0.15, -0.1) is 0 Å². The second-order valence-corrected chi connectivity index (χ2v) is 4.05. The molecule has 5 heteroatoms. The van der Waals surface area contributed by atoms with Crippen LogP contribution in [-0.2, 0) is 6.42 Å². The van der Waals surface area contributed by atoms with E-state index >= 15 is 0 Å². The van der Waals surface area contributed by atoms with Crippen LogP contribution in [0.5, 0.6) is 23.3 Å². The standard InChI is InChI=1S/C15H16NO4/c1-18-14-7-6-11(15(16-14)19-2)8-9-20-13-5-3-4-12(17)10-13/h4-7,10,17H,8-9H2,1-2H3. The highest BCUT2D eigenvalue weighted by Gasteiger charge is 2.07. The van der Waals surface area contributed by atoms with Crippen LogP contribution < -0.4 is 14.2 Å². The van der Waals surface area contributed by atoms with Crippen molar-refractivity contribution in [3.8, 4) is 23.3 Å². The number of benzene rings is 1. The fraction of sp³-hybridized carbons (Fsp3) is 0.267. The Bertz CT molecular complexity index is 572. The van der Waals surface area contributed by atoms with Crippen molar-refractivity contribution in [1.29, 1.82) is 0 Å². The molecule has 0 saturated carbocycles. The molecule has 0 unspecified atom stereocenters. The minimum Gasteiger partial charge on any atom is -0.508 e. The molecule has 0 aliphatic carbocycles. The van der Waals surface area contributed by atoms with Crippen LogP contribution in [0.4, 0.5) is 0 Å². The molecule has 0 spiro atoms. The number of aromatic nitrogens is 1. The van der Waals surface area contributed by atoms with Crippen molar-refractivity contribution >= 4 is 0 Å². The van der Waals surface area contributed by atoms with E-state index in [0.29, 0.717) is 30.5 Å². The first-order chi connectivity index (χ1) is 9.72. The van der Waals surface area contributed by atoms with Crippen molar-refractivity contribution in [2.75, 3.05) is 20.8 Å². The number of aromatic hydroxyl groups is 1. The van der Waals surface area contributed by atoms with Gasteiger partial charge < -0.3 is 19.3 Å². The predicted octanol–water partition coefficient (Wildman–Crippen LogP) is 2.23. The van der Waals surface area contributed by atoms with Crippen molar-refractivity contribution in [1.82, 2.24) is 4.98 Å². The normalized spacial score (nSPS) is 10.1. The second-order valence-electron chi connectivity index (χ2n) is 4.05. The zero-order valence-electron chi connectivity index (χ0n) is 11.4. The number of methoxy groups -OCH3 is 2. The van der Waals surface area contributed by atoms with Crippen molar-refractivity contribution < 1.29 is 19.3 Å². The van der Waals surface area contributed by atoms with Crippen LogP contribution in [0.15, 0.2) is 30.3 Å². The lowest BCUT2D eigenvalue weighted by Crippen LogP contribution is -2.04. The molecule has 2 rings (SSSR count). The van der Waals surface area contributed by atoms with E-state index in [2.05, 4.69) is 11.1 Å². The summed E-state index contributed by atoms with van der Waals surface area (Å²) in [7, 11) is 3.12. The molecule has 0 fully saturated rings. The average Bonchev–Trinajstić information content (AvgIpc) is 2.47. The van der Waals surface area contributed by atoms with Crippen molar-refractivity contribution in [2.24, 2.45) is 0 Å². The van der Waals surface area contributed by atoms with Gasteiger partial charge in [-0.2, -0.15) is 4.98 Å². The molecule has 1 radical (unpaired) electrons. The number of phenols is 1. The van der Waals surface area contributed by atoms with Gasteiger partial charge >= 0.3 is 0 Å². The Hall–Kier alpha value is -2.43. The molecule has 0 aliphatic heterocycles. The summed E-state index contributed by atoms with van der Waals surface area (Å²) >= 11 is 0. The van der Waals surface area contributed by atoms with E-state index < -0.39 is 0 Å². The number of nitrogens with zero attached hydrogens (tertiary/aromatic N) is 1. The lowest BCUT2D eigenvalue weighted by atomic mass is 10.2. The summed E-state index contributed by atoms with van der Waals surface area (Å²) < 4.78 is 15.8. The molecule has 1 aromatic carbocycles. The molecule has 0 aliphatic rings. The van der Waals surface area contributed by atoms with Gasteiger partial charge in [-0.05, 0) is 24.3 Å². The molecule has 2 aromatic rings. The zero-order chi connectivity index (χ0) is 14.4. The number of hydrogen-bond acceptors (Lipinski definition) is 5. The molecular weight excluding hydrogens is 258 g/mol. The third-order valence-electron chi connectivity index (χ3n) is 2.70. The molecule has 0 bridgehead atoms. The Morgan fingerprint density at radius 3 is 2.75 bits per heavy atom. The van der Waals surface area contributed by atoms with Crippen molar-refractivity contribution in [3.05, 3.63) is 42.0 Å². The lowest BCUT2D eigenvalue weighted by molar-refractivity contribution is 0.313. The second kappa shape index (κ2) is 6.65. The van der Waals surface area contributed by atoms with Crippen LogP contribution >= 0.6 is 0 Å². The summed E-state index contributed by atoms with van der Waals surface area (Å²) in [5, 5.41) is 9.31. The summed E-state index contributed by atoms with van der Waals surface area (Å²) in [4.78, 5) is 4.20. The van der Waals surface area contributed by atoms with Gasteiger partial charge in [0.1, 0.15) is 11.5 Å². The van der Waals surface area contributed by atoms with E-state index in [1.807, 2.05) is 6.07 Å². The van der Waals surface area contributed by atoms with Crippen LogP contribution in [0.3, 0.4) is 0 Å². The van der Waals surface area contributed by atoms with Gasteiger partial charge in [0, 0.05) is 24.1 Å². The Kier molecular flexibility index (Phi) is 4.65. The minimum atomic E-state index is 0.131. The van der Waals surface area contributed by atoms with E-state index in [0.717, 1.165) is 5.56 Å². The van der Waals surface area contributed by atoms with E-state index in [1.54, 1.807) is 32.4 Å². The maximum absolute atomic E-state index is 9.31. The van der Waals surface area contributed by atoms with Gasteiger partial charge in [-0.1, -0.05) is 0 Å². The van der Waals surface area contributed by atoms with Crippen LogP contribution in [-0.4, -0.2) is 30.9 Å². The largest absolute Gasteiger partial charge is 0.508 e. The topological polar surface area (TPSA) is 60.8 Å². The maximum Gasteiger partial charge on any atom is 0.219 e. The Labute approximate surface area is 117 Å². The minimum absolute atomic E-state index is 0.131. The number of rotatable bonds is 6. The Morgan fingerprint density at radius 2 is 2.05 bits per heavy atom.